The molecule has 480 valence electrons. The maximum absolute atomic E-state index is 10.4. The Morgan fingerprint density at radius 3 is 1.23 bits per heavy atom. The summed E-state index contributed by atoms with van der Waals surface area (Å²) >= 11 is 0. The van der Waals surface area contributed by atoms with Crippen molar-refractivity contribution in [1.82, 2.24) is 0 Å². The Morgan fingerprint density at radius 2 is 0.849 bits per heavy atom. The third kappa shape index (κ3) is 53.6. The van der Waals surface area contributed by atoms with Crippen molar-refractivity contribution in [1.29, 1.82) is 0 Å². The number of ether oxygens (including phenoxy) is 5. The number of rotatable bonds is 15. The second-order valence-electron chi connectivity index (χ2n) is 15.8. The van der Waals surface area contributed by atoms with Crippen LogP contribution in [0.5, 0.6) is 0 Å². The monoisotopic (exact) mass is 1440 g/mol. The first-order valence-corrected chi connectivity index (χ1v) is 27.2. The van der Waals surface area contributed by atoms with E-state index in [1.807, 2.05) is 0 Å². The summed E-state index contributed by atoms with van der Waals surface area (Å²) in [6.45, 7) is -0.834. The summed E-state index contributed by atoms with van der Waals surface area (Å²) in [6.07, 6.45) is -15.3. The number of aliphatic hydroxyl groups is 6. The first kappa shape index (κ1) is 118. The minimum absolute atomic E-state index is 0. The summed E-state index contributed by atoms with van der Waals surface area (Å²) in [7, 11) is -24.3. The Hall–Kier alpha value is 4.57. The molecule has 0 aromatic heterocycles. The van der Waals surface area contributed by atoms with E-state index in [0.29, 0.717) is 0 Å². The van der Waals surface area contributed by atoms with Crippen LogP contribution in [0.3, 0.4) is 0 Å². The van der Waals surface area contributed by atoms with Crippen LogP contribution in [0.4, 0.5) is 0 Å². The molecule has 15 unspecified atom stereocenters. The molecule has 20 N–H and O–H groups in total. The number of aliphatic carboxylic acids is 2. The van der Waals surface area contributed by atoms with E-state index in [1.165, 1.54) is 0 Å². The molecule has 17 atom stereocenters. The van der Waals surface area contributed by atoms with Crippen molar-refractivity contribution in [2.24, 2.45) is 17.2 Å². The van der Waals surface area contributed by atoms with Crippen molar-refractivity contribution in [3.05, 3.63) is 0 Å². The summed E-state index contributed by atoms with van der Waals surface area (Å²) in [5.41, 5.74) is 16.4. The predicted molar refractivity (Wildman–Crippen MR) is 239 cm³/mol. The molecule has 0 spiro atoms. The molecule has 0 saturated carbocycles. The van der Waals surface area contributed by atoms with Gasteiger partial charge in [-0.2, -0.15) is 0 Å². The van der Waals surface area contributed by atoms with Crippen LogP contribution in [0.1, 0.15) is 40.0 Å². The van der Waals surface area contributed by atoms with Gasteiger partial charge in [-0.3, -0.25) is 20.9 Å². The van der Waals surface area contributed by atoms with Crippen molar-refractivity contribution in [3.63, 3.8) is 0 Å². The second-order valence-corrected chi connectivity index (χ2v) is 21.0. The first-order chi connectivity index (χ1) is 33.6. The van der Waals surface area contributed by atoms with Crippen molar-refractivity contribution in [2.75, 3.05) is 46.2 Å². The fourth-order valence-corrected chi connectivity index (χ4v) is 8.10. The number of carboxylic acids is 2. The topological polar surface area (TPSA) is 784 Å². The molecule has 5 aliphatic rings. The van der Waals surface area contributed by atoms with E-state index in [0.717, 1.165) is 0 Å². The Kier molecular flexibility index (Phi) is 75.9. The number of aliphatic hydroxyl groups excluding tert-OH is 6. The molecule has 86 heavy (non-hydrogen) atoms. The number of carbonyl (C=O) groups is 2. The molecule has 5 heterocycles. The van der Waals surface area contributed by atoms with E-state index in [1.54, 1.807) is 6.92 Å². The minimum Gasteiger partial charge on any atom is -0.726 e. The van der Waals surface area contributed by atoms with Crippen LogP contribution < -0.4 is 234 Å². The van der Waals surface area contributed by atoms with Gasteiger partial charge >= 0.3 is 207 Å². The fraction of sp³-hybridized carbons (Fsp3) is 0.938. The molecule has 5 aliphatic heterocycles. The van der Waals surface area contributed by atoms with Crippen molar-refractivity contribution in [3.8, 4) is 0 Å². The Morgan fingerprint density at radius 1 is 0.465 bits per heavy atom. The molecule has 5 rings (SSSR count). The molecule has 0 amide bonds. The van der Waals surface area contributed by atoms with E-state index in [4.69, 9.17) is 41.6 Å². The van der Waals surface area contributed by atoms with Crippen LogP contribution in [0.15, 0.2) is 0 Å². The molecule has 0 bridgehead atoms. The van der Waals surface area contributed by atoms with Crippen LogP contribution >= 0.6 is 0 Å². The van der Waals surface area contributed by atoms with Gasteiger partial charge in [0.25, 0.3) is 0 Å². The van der Waals surface area contributed by atoms with Gasteiger partial charge in [0.05, 0.1) is 137 Å². The Labute approximate surface area is 650 Å². The van der Waals surface area contributed by atoms with Gasteiger partial charge in [-0.05, 0) is 6.92 Å². The molecule has 54 heteroatoms. The number of nitrogens with two attached hydrogens (primary N) is 3. The molecule has 0 aliphatic carbocycles. The zero-order chi connectivity index (χ0) is 57.3. The predicted octanol–water partition coefficient (Wildman–Crippen LogP) is -37.0. The van der Waals surface area contributed by atoms with Gasteiger partial charge in [0.1, 0.15) is 24.4 Å². The standard InChI is InChI=1S/C7H15NO6S.C6H13NO9S2.C6H13NO7S.C6H10O8S.C6H10O5.CH4.7Na.4H2O/c1-4-7(8)6(9)2-5(14-4)3-13-15(10,11)12;7-5-3-14-4(2-15-17(8,9)10)1-6(5)16-18(11,12)13;7-3-1-13-4(6(9)5(3)8)2-14-15(10,11)12;7-3-1-4(6(8)9)13-2-5(3)14-15(10,11)12;7-3-1-5(6(9)10)11-2-4(3)8;;;;;;;;;;;;/h4-7,9H,2-3,8H2,1H3,(H,10,11,12);4-6H,1-3,7H2,(H,8,9,10)(H,11,12,13);3-6,8-9H,1-2,7H2,(H,10,11,12);3-5,7H,1-2H2,(H,8,9)(H,10,11,12);3-5,7-8H,1-2H2,(H,9,10);1H4;;;;;;;;4*1H2/q;;;;;;7*+1;;;;/p-7/t4-,5?,6?,7?;;3?,4?,5?,6-;;;;;;;;;;;;;;/m1.1............../s1. The SMILES string of the molecule is C.C[C@H]1OC(COS(=O)(=O)[O-])CC(O)C1N.NC1COC(COS(=O)(=O)[O-])CC1OS(=O)(=O)[O-].NC1COC(COS(=O)(=O)[O-])[C@@H](O)C1O.O.O.O.O.O=C([O-])C1CC(O)C(O)CO1.O=C([O-])C1CC(O)C(OS(=O)(=O)[O-])CO1.[Na+].[Na+].[Na+].[Na+].[Na+].[Na+].[Na+]. The normalized spacial score (nSPS) is 30.2. The Balaban J connectivity index is -0.0000000773. The van der Waals surface area contributed by atoms with Crippen LogP contribution in [-0.2, 0) is 106 Å². The fourth-order valence-electron chi connectivity index (χ4n) is 6.16. The number of hydrogen-bond donors (Lipinski definition) is 9. The van der Waals surface area contributed by atoms with Crippen LogP contribution in [0, 0.1) is 0 Å². The summed E-state index contributed by atoms with van der Waals surface area (Å²) in [5, 5.41) is 75.8. The van der Waals surface area contributed by atoms with Crippen LogP contribution in [-0.4, -0.2) is 279 Å². The van der Waals surface area contributed by atoms with Crippen LogP contribution in [0.2, 0.25) is 0 Å². The molecule has 0 radical (unpaired) electrons. The Bertz CT molecular complexity index is 2330. The molecule has 42 nitrogen and oxygen atoms in total. The van der Waals surface area contributed by atoms with E-state index in [2.05, 4.69) is 30.4 Å². The first-order valence-electron chi connectivity index (χ1n) is 20.6. The van der Waals surface area contributed by atoms with Crippen molar-refractivity contribution >= 4 is 63.9 Å². The summed E-state index contributed by atoms with van der Waals surface area (Å²) in [6, 6.07) is -2.11. The molecule has 5 saturated heterocycles. The quantitative estimate of drug-likeness (QED) is 0.0418. The van der Waals surface area contributed by atoms with Gasteiger partial charge in [0, 0.05) is 25.7 Å². The van der Waals surface area contributed by atoms with Gasteiger partial charge in [0.2, 0.25) is 52.0 Å². The maximum Gasteiger partial charge on any atom is 1.00 e. The van der Waals surface area contributed by atoms with E-state index in [-0.39, 0.29) is 288 Å². The number of hydrogen-bond acceptors (Lipinski definition) is 38. The minimum atomic E-state index is -4.95. The molecular formula is C32H66N3Na7O39S5. The number of carbonyl (C=O) groups excluding carboxylic acids is 2. The summed E-state index contributed by atoms with van der Waals surface area (Å²) in [4.78, 5) is 20.5. The van der Waals surface area contributed by atoms with E-state index in [9.17, 15) is 105 Å². The average Bonchev–Trinajstić information content (AvgIpc) is 3.24. The molecule has 5 fully saturated rings. The molecule has 0 aromatic rings. The maximum atomic E-state index is 10.4. The summed E-state index contributed by atoms with van der Waals surface area (Å²) < 4.78 is 198. The average molecular weight is 1440 g/mol. The smallest absolute Gasteiger partial charge is 0.726 e. The number of carboxylic acid groups (broad SMARTS) is 2. The molecular weight excluding hydrogens is 1370 g/mol. The summed E-state index contributed by atoms with van der Waals surface area (Å²) in [5.74, 6) is -2.87. The van der Waals surface area contributed by atoms with Gasteiger partial charge in [-0.15, -0.1) is 0 Å². The van der Waals surface area contributed by atoms with E-state index < -0.39 is 187 Å². The largest absolute Gasteiger partial charge is 1.00 e. The van der Waals surface area contributed by atoms with Gasteiger partial charge in [-0.1, -0.05) is 7.43 Å². The zero-order valence-electron chi connectivity index (χ0n) is 46.9. The van der Waals surface area contributed by atoms with Gasteiger partial charge < -0.3 is 136 Å². The third-order valence-electron chi connectivity index (χ3n) is 9.96. The van der Waals surface area contributed by atoms with E-state index >= 15 is 0 Å². The van der Waals surface area contributed by atoms with Gasteiger partial charge in [0.15, 0.2) is 0 Å². The zero-order valence-corrected chi connectivity index (χ0v) is 65.0. The van der Waals surface area contributed by atoms with Crippen molar-refractivity contribution < 1.29 is 389 Å². The van der Waals surface area contributed by atoms with Crippen LogP contribution in [0.25, 0.3) is 0 Å². The second kappa shape index (κ2) is 55.4. The van der Waals surface area contributed by atoms with Crippen molar-refractivity contribution in [2.45, 2.75) is 144 Å². The van der Waals surface area contributed by atoms with Gasteiger partial charge in [-0.25, -0.2) is 42.1 Å². The third-order valence-corrected chi connectivity index (χ3v) is 12.2. The molecule has 0 aromatic carbocycles.